The van der Waals surface area contributed by atoms with Gasteiger partial charge in [-0.15, -0.1) is 23.8 Å². The van der Waals surface area contributed by atoms with Gasteiger partial charge in [-0.05, 0) is 31.2 Å². The first-order valence-electron chi connectivity index (χ1n) is 6.40. The van der Waals surface area contributed by atoms with Crippen LogP contribution in [0.1, 0.15) is 25.0 Å². The molecular formula is C17H18N3W-. The molecule has 0 amide bonds. The molecule has 0 aliphatic carbocycles. The zero-order chi connectivity index (χ0) is 15.0. The number of anilines is 1. The van der Waals surface area contributed by atoms with Gasteiger partial charge in [-0.3, -0.25) is 5.26 Å². The molecule has 0 saturated heterocycles. The average molecular weight is 448 g/mol. The van der Waals surface area contributed by atoms with Crippen molar-refractivity contribution in [3.05, 3.63) is 65.3 Å². The second-order valence-corrected chi connectivity index (χ2v) is 4.99. The molecule has 108 valence electrons. The van der Waals surface area contributed by atoms with Gasteiger partial charge in [0.25, 0.3) is 0 Å². The molecule has 1 aromatic rings. The van der Waals surface area contributed by atoms with Gasteiger partial charge in [-0.2, -0.15) is 0 Å². The summed E-state index contributed by atoms with van der Waals surface area (Å²) in [5.41, 5.74) is 5.68. The minimum absolute atomic E-state index is 0. The maximum absolute atomic E-state index is 8.94. The summed E-state index contributed by atoms with van der Waals surface area (Å²) in [6, 6.07) is 8.75. The summed E-state index contributed by atoms with van der Waals surface area (Å²) in [5.74, 6) is 0.847. The third-order valence-electron chi connectivity index (χ3n) is 3.88. The molecule has 0 fully saturated rings. The fourth-order valence-corrected chi connectivity index (χ4v) is 2.31. The van der Waals surface area contributed by atoms with E-state index in [0.29, 0.717) is 5.56 Å². The summed E-state index contributed by atoms with van der Waals surface area (Å²) in [6.45, 7) is 14.4. The fraction of sp³-hybridized carbons (Fsp3) is 0.235. The van der Waals surface area contributed by atoms with E-state index in [9.17, 15) is 0 Å². The smallest absolute Gasteiger partial charge is 0.101 e. The Morgan fingerprint density at radius 1 is 1.24 bits per heavy atom. The summed E-state index contributed by atoms with van der Waals surface area (Å²) in [4.78, 5) is 4.05. The molecule has 1 heterocycles. The number of hydrogen-bond donors (Lipinski definition) is 0. The molecular weight excluding hydrogens is 430 g/mol. The van der Waals surface area contributed by atoms with Crippen molar-refractivity contribution < 1.29 is 21.1 Å². The number of nitrogens with zero attached hydrogens (tertiary/aromatic N) is 3. The van der Waals surface area contributed by atoms with E-state index in [2.05, 4.69) is 39.1 Å². The molecule has 2 rings (SSSR count). The van der Waals surface area contributed by atoms with E-state index in [0.717, 1.165) is 34.0 Å². The summed E-state index contributed by atoms with van der Waals surface area (Å²) < 4.78 is 0. The van der Waals surface area contributed by atoms with E-state index in [4.69, 9.17) is 5.26 Å². The van der Waals surface area contributed by atoms with Crippen molar-refractivity contribution in [2.24, 2.45) is 0 Å². The van der Waals surface area contributed by atoms with E-state index in [1.54, 1.807) is 0 Å². The third-order valence-corrected chi connectivity index (χ3v) is 3.88. The van der Waals surface area contributed by atoms with Crippen LogP contribution >= 0.6 is 0 Å². The second-order valence-electron chi connectivity index (χ2n) is 4.99. The van der Waals surface area contributed by atoms with Gasteiger partial charge in [0.05, 0.1) is 0 Å². The molecule has 4 heteroatoms. The number of nitriles is 1. The van der Waals surface area contributed by atoms with Crippen LogP contribution in [0.3, 0.4) is 0 Å². The van der Waals surface area contributed by atoms with Crippen molar-refractivity contribution in [1.82, 2.24) is 4.90 Å². The van der Waals surface area contributed by atoms with Gasteiger partial charge in [-0.1, -0.05) is 25.6 Å². The van der Waals surface area contributed by atoms with Gasteiger partial charge in [-0.25, -0.2) is 0 Å². The molecule has 0 atom stereocenters. The van der Waals surface area contributed by atoms with Crippen LogP contribution in [0.4, 0.5) is 5.69 Å². The zero-order valence-electron chi connectivity index (χ0n) is 12.8. The van der Waals surface area contributed by atoms with Crippen molar-refractivity contribution >= 4 is 5.69 Å². The molecule has 0 radical (unpaired) electrons. The summed E-state index contributed by atoms with van der Waals surface area (Å²) in [5, 5.41) is 8.94. The molecule has 0 unspecified atom stereocenters. The van der Waals surface area contributed by atoms with Gasteiger partial charge in [0, 0.05) is 39.5 Å². The average Bonchev–Trinajstić information content (AvgIpc) is 2.44. The first kappa shape index (κ1) is 17.3. The van der Waals surface area contributed by atoms with Crippen LogP contribution in [-0.2, 0) is 21.1 Å². The summed E-state index contributed by atoms with van der Waals surface area (Å²) in [7, 11) is 1.99. The van der Waals surface area contributed by atoms with E-state index >= 15 is 0 Å². The molecule has 1 aliphatic rings. The molecule has 1 aromatic carbocycles. The van der Waals surface area contributed by atoms with Crippen molar-refractivity contribution in [3.8, 4) is 6.07 Å². The second kappa shape index (κ2) is 6.33. The standard InChI is InChI=1S/C17H18N3.W/c1-11-9-16(10-18)7-8-17(11)20-14(4)12(2)13(3)19(6)15(20)5;/h8-9H,4-5H2,1-3,6H3;/q-1;. The van der Waals surface area contributed by atoms with E-state index < -0.39 is 0 Å². The van der Waals surface area contributed by atoms with Crippen LogP contribution in [0.5, 0.6) is 0 Å². The Bertz CT molecular complexity index is 680. The van der Waals surface area contributed by atoms with Crippen molar-refractivity contribution in [2.75, 3.05) is 11.9 Å². The molecule has 1 aliphatic heterocycles. The van der Waals surface area contributed by atoms with Crippen LogP contribution in [0, 0.1) is 24.3 Å². The molecule has 0 aromatic heterocycles. The Morgan fingerprint density at radius 3 is 2.38 bits per heavy atom. The predicted octanol–water partition coefficient (Wildman–Crippen LogP) is 3.69. The quantitative estimate of drug-likeness (QED) is 0.615. The molecule has 0 saturated carbocycles. The maximum Gasteiger partial charge on any atom is 0.101 e. The summed E-state index contributed by atoms with van der Waals surface area (Å²) in [6.07, 6.45) is 0. The first-order chi connectivity index (χ1) is 9.38. The Labute approximate surface area is 141 Å². The first-order valence-corrected chi connectivity index (χ1v) is 6.40. The minimum atomic E-state index is 0. The number of hydrogen-bond acceptors (Lipinski definition) is 3. The Hall–Kier alpha value is -1.78. The van der Waals surface area contributed by atoms with Crippen LogP contribution < -0.4 is 4.90 Å². The predicted molar refractivity (Wildman–Crippen MR) is 81.6 cm³/mol. The number of benzene rings is 1. The summed E-state index contributed by atoms with van der Waals surface area (Å²) >= 11 is 0. The van der Waals surface area contributed by atoms with Gasteiger partial charge >= 0.3 is 0 Å². The Balaban J connectivity index is 0.00000220. The SMILES string of the molecule is C=C1C(C)=C(C)N(C)C(=C)N1c1c[c-]c(C#N)cc1C.[W]. The molecule has 0 bridgehead atoms. The van der Waals surface area contributed by atoms with Gasteiger partial charge < -0.3 is 9.80 Å². The molecule has 0 N–H and O–H groups in total. The van der Waals surface area contributed by atoms with Gasteiger partial charge in [0.15, 0.2) is 0 Å². The maximum atomic E-state index is 8.94. The molecule has 21 heavy (non-hydrogen) atoms. The Morgan fingerprint density at radius 2 is 1.86 bits per heavy atom. The van der Waals surface area contributed by atoms with E-state index in [1.165, 1.54) is 0 Å². The Kier molecular flexibility index (Phi) is 5.20. The number of aryl methyl sites for hydroxylation is 1. The normalized spacial score (nSPS) is 15.0. The third kappa shape index (κ3) is 2.82. The van der Waals surface area contributed by atoms with Crippen molar-refractivity contribution in [1.29, 1.82) is 5.26 Å². The number of allylic oxidation sites excluding steroid dienone is 2. The topological polar surface area (TPSA) is 30.3 Å². The van der Waals surface area contributed by atoms with Gasteiger partial charge in [0.1, 0.15) is 5.82 Å². The molecule has 3 nitrogen and oxygen atoms in total. The monoisotopic (exact) mass is 448 g/mol. The van der Waals surface area contributed by atoms with E-state index in [1.807, 2.05) is 35.9 Å². The largest absolute Gasteiger partial charge is 0.338 e. The fourth-order valence-electron chi connectivity index (χ4n) is 2.31. The number of rotatable bonds is 1. The van der Waals surface area contributed by atoms with Crippen LogP contribution in [0.2, 0.25) is 0 Å². The van der Waals surface area contributed by atoms with Crippen LogP contribution in [0.25, 0.3) is 0 Å². The zero-order valence-corrected chi connectivity index (χ0v) is 15.8. The molecule has 0 spiro atoms. The minimum Gasteiger partial charge on any atom is -0.338 e. The van der Waals surface area contributed by atoms with Crippen molar-refractivity contribution in [2.45, 2.75) is 20.8 Å². The van der Waals surface area contributed by atoms with Crippen LogP contribution in [-0.4, -0.2) is 11.9 Å². The van der Waals surface area contributed by atoms with Gasteiger partial charge in [0.2, 0.25) is 0 Å². The van der Waals surface area contributed by atoms with E-state index in [-0.39, 0.29) is 21.1 Å². The van der Waals surface area contributed by atoms with Crippen molar-refractivity contribution in [3.63, 3.8) is 0 Å². The van der Waals surface area contributed by atoms with Crippen LogP contribution in [0.15, 0.2) is 48.1 Å².